The lowest BCUT2D eigenvalue weighted by molar-refractivity contribution is -0.138. The summed E-state index contributed by atoms with van der Waals surface area (Å²) < 4.78 is 49.4. The van der Waals surface area contributed by atoms with Crippen molar-refractivity contribution in [3.8, 4) is 11.5 Å². The highest BCUT2D eigenvalue weighted by Gasteiger charge is 2.32. The lowest BCUT2D eigenvalue weighted by atomic mass is 10.1. The van der Waals surface area contributed by atoms with Gasteiger partial charge in [-0.05, 0) is 30.2 Å². The third kappa shape index (κ3) is 5.64. The average Bonchev–Trinajstić information content (AvgIpc) is 2.77. The second kappa shape index (κ2) is 10.1. The number of aromatic nitrogens is 1. The molecule has 1 amide bonds. The zero-order valence-electron chi connectivity index (χ0n) is 17.5. The Bertz CT molecular complexity index is 977. The van der Waals surface area contributed by atoms with Gasteiger partial charge in [-0.15, -0.1) is 6.58 Å². The number of rotatable bonds is 7. The van der Waals surface area contributed by atoms with Crippen LogP contribution in [-0.4, -0.2) is 55.7 Å². The molecule has 0 N–H and O–H groups in total. The van der Waals surface area contributed by atoms with E-state index in [4.69, 9.17) is 21.1 Å². The Hall–Kier alpha value is -2.94. The number of allylic oxidation sites excluding steroid dienone is 1. The Kier molecular flexibility index (Phi) is 7.50. The number of benzene rings is 1. The van der Waals surface area contributed by atoms with E-state index in [1.54, 1.807) is 21.9 Å². The fourth-order valence-electron chi connectivity index (χ4n) is 3.34. The maximum Gasteiger partial charge on any atom is 0.417 e. The smallest absolute Gasteiger partial charge is 0.417 e. The molecule has 2 aromatic rings. The van der Waals surface area contributed by atoms with E-state index in [-0.39, 0.29) is 23.4 Å². The van der Waals surface area contributed by atoms with E-state index in [0.29, 0.717) is 44.1 Å². The van der Waals surface area contributed by atoms with Crippen LogP contribution in [0.2, 0.25) is 5.02 Å². The van der Waals surface area contributed by atoms with Crippen LogP contribution in [-0.2, 0) is 17.4 Å². The number of alkyl halides is 3. The predicted octanol–water partition coefficient (Wildman–Crippen LogP) is 4.22. The van der Waals surface area contributed by atoms with Crippen LogP contribution < -0.4 is 14.4 Å². The van der Waals surface area contributed by atoms with Gasteiger partial charge in [0.25, 0.3) is 5.91 Å². The molecule has 1 aromatic heterocycles. The zero-order valence-corrected chi connectivity index (χ0v) is 18.2. The standard InChI is InChI=1S/C22H23ClF3N3O3/c1-3-4-15-5-6-18(19(11-15)31-2)32-14-20(30)28-7-9-29(10-8-28)21-17(23)12-16(13-27-21)22(24,25)26/h3,5-6,11-13H,1,4,7-10,14H2,2H3. The first-order valence-corrected chi connectivity index (χ1v) is 10.3. The first kappa shape index (κ1) is 23.7. The van der Waals surface area contributed by atoms with Gasteiger partial charge in [0.1, 0.15) is 5.82 Å². The third-order valence-corrected chi connectivity index (χ3v) is 5.32. The van der Waals surface area contributed by atoms with E-state index in [0.717, 1.165) is 17.8 Å². The number of piperazine rings is 1. The maximum absolute atomic E-state index is 12.8. The number of methoxy groups -OCH3 is 1. The summed E-state index contributed by atoms with van der Waals surface area (Å²) in [6.45, 7) is 5.08. The summed E-state index contributed by atoms with van der Waals surface area (Å²) in [5.41, 5.74) is 0.118. The summed E-state index contributed by atoms with van der Waals surface area (Å²) in [6, 6.07) is 6.33. The van der Waals surface area contributed by atoms with E-state index < -0.39 is 11.7 Å². The molecule has 0 aliphatic carbocycles. The van der Waals surface area contributed by atoms with Crippen LogP contribution in [0, 0.1) is 0 Å². The molecule has 172 valence electrons. The van der Waals surface area contributed by atoms with E-state index >= 15 is 0 Å². The Morgan fingerprint density at radius 3 is 2.53 bits per heavy atom. The van der Waals surface area contributed by atoms with Gasteiger partial charge in [-0.2, -0.15) is 13.2 Å². The van der Waals surface area contributed by atoms with Gasteiger partial charge in [-0.1, -0.05) is 23.7 Å². The number of hydrogen-bond donors (Lipinski definition) is 0. The number of ether oxygens (including phenoxy) is 2. The van der Waals surface area contributed by atoms with Crippen LogP contribution in [0.3, 0.4) is 0 Å². The molecular formula is C22H23ClF3N3O3. The fraction of sp³-hybridized carbons (Fsp3) is 0.364. The zero-order chi connectivity index (χ0) is 23.3. The van der Waals surface area contributed by atoms with Gasteiger partial charge in [0.2, 0.25) is 0 Å². The molecule has 2 heterocycles. The molecule has 6 nitrogen and oxygen atoms in total. The van der Waals surface area contributed by atoms with Gasteiger partial charge in [-0.25, -0.2) is 4.98 Å². The van der Waals surface area contributed by atoms with Crippen LogP contribution in [0.15, 0.2) is 43.1 Å². The molecule has 1 fully saturated rings. The Morgan fingerprint density at radius 1 is 1.22 bits per heavy atom. The normalized spacial score (nSPS) is 14.3. The Labute approximate surface area is 189 Å². The molecule has 3 rings (SSSR count). The third-order valence-electron chi connectivity index (χ3n) is 5.04. The van der Waals surface area contributed by atoms with E-state index in [2.05, 4.69) is 11.6 Å². The maximum atomic E-state index is 12.8. The molecule has 0 atom stereocenters. The van der Waals surface area contributed by atoms with Crippen LogP contribution in [0.4, 0.5) is 19.0 Å². The quantitative estimate of drug-likeness (QED) is 0.568. The predicted molar refractivity (Wildman–Crippen MR) is 115 cm³/mol. The van der Waals surface area contributed by atoms with Crippen molar-refractivity contribution in [3.63, 3.8) is 0 Å². The summed E-state index contributed by atoms with van der Waals surface area (Å²) in [5.74, 6) is 1.07. The van der Waals surface area contributed by atoms with Gasteiger partial charge in [0.15, 0.2) is 18.1 Å². The molecule has 0 bridgehead atoms. The molecule has 10 heteroatoms. The molecule has 1 saturated heterocycles. The van der Waals surface area contributed by atoms with Gasteiger partial charge in [0.05, 0.1) is 17.7 Å². The first-order chi connectivity index (χ1) is 15.2. The second-order valence-corrected chi connectivity index (χ2v) is 7.57. The van der Waals surface area contributed by atoms with Crippen molar-refractivity contribution in [1.82, 2.24) is 9.88 Å². The molecule has 32 heavy (non-hydrogen) atoms. The molecule has 1 aromatic carbocycles. The minimum absolute atomic E-state index is 0.0741. The minimum Gasteiger partial charge on any atom is -0.493 e. The highest BCUT2D eigenvalue weighted by atomic mass is 35.5. The van der Waals surface area contributed by atoms with Crippen molar-refractivity contribution in [1.29, 1.82) is 0 Å². The van der Waals surface area contributed by atoms with Gasteiger partial charge in [-0.3, -0.25) is 4.79 Å². The van der Waals surface area contributed by atoms with E-state index in [1.807, 2.05) is 12.1 Å². The number of carbonyl (C=O) groups excluding carboxylic acids is 1. The summed E-state index contributed by atoms with van der Waals surface area (Å²) in [7, 11) is 1.53. The van der Waals surface area contributed by atoms with Crippen molar-refractivity contribution in [3.05, 3.63) is 59.3 Å². The largest absolute Gasteiger partial charge is 0.493 e. The van der Waals surface area contributed by atoms with Crippen LogP contribution in [0.25, 0.3) is 0 Å². The second-order valence-electron chi connectivity index (χ2n) is 7.16. The molecule has 0 radical (unpaired) electrons. The summed E-state index contributed by atoms with van der Waals surface area (Å²) >= 11 is 6.02. The van der Waals surface area contributed by atoms with E-state index in [9.17, 15) is 18.0 Å². The number of hydrogen-bond acceptors (Lipinski definition) is 5. The molecule has 1 aliphatic heterocycles. The summed E-state index contributed by atoms with van der Waals surface area (Å²) in [6.07, 6.45) is -1.27. The SMILES string of the molecule is C=CCc1ccc(OCC(=O)N2CCN(c3ncc(C(F)(F)F)cc3Cl)CC2)c(OC)c1. The number of nitrogens with zero attached hydrogens (tertiary/aromatic N) is 3. The summed E-state index contributed by atoms with van der Waals surface area (Å²) in [4.78, 5) is 19.8. The van der Waals surface area contributed by atoms with Crippen LogP contribution >= 0.6 is 11.6 Å². The van der Waals surface area contributed by atoms with Gasteiger partial charge < -0.3 is 19.3 Å². The molecule has 1 aliphatic rings. The Balaban J connectivity index is 1.55. The average molecular weight is 470 g/mol. The van der Waals surface area contributed by atoms with Crippen molar-refractivity contribution in [2.24, 2.45) is 0 Å². The fourth-order valence-corrected chi connectivity index (χ4v) is 3.63. The molecule has 0 saturated carbocycles. The van der Waals surface area contributed by atoms with Crippen LogP contribution in [0.1, 0.15) is 11.1 Å². The highest BCUT2D eigenvalue weighted by Crippen LogP contribution is 2.34. The lowest BCUT2D eigenvalue weighted by Gasteiger charge is -2.35. The minimum atomic E-state index is -4.51. The number of anilines is 1. The number of amides is 1. The highest BCUT2D eigenvalue weighted by molar-refractivity contribution is 6.33. The van der Waals surface area contributed by atoms with Gasteiger partial charge in [0, 0.05) is 32.4 Å². The van der Waals surface area contributed by atoms with Crippen molar-refractivity contribution >= 4 is 23.3 Å². The number of pyridine rings is 1. The van der Waals surface area contributed by atoms with E-state index in [1.165, 1.54) is 7.11 Å². The molecule has 0 spiro atoms. The van der Waals surface area contributed by atoms with Crippen molar-refractivity contribution in [2.45, 2.75) is 12.6 Å². The topological polar surface area (TPSA) is 54.9 Å². The Morgan fingerprint density at radius 2 is 1.94 bits per heavy atom. The summed E-state index contributed by atoms with van der Waals surface area (Å²) in [5, 5.41) is -0.0741. The van der Waals surface area contributed by atoms with Crippen molar-refractivity contribution in [2.75, 3.05) is 44.8 Å². The molecular weight excluding hydrogens is 447 g/mol. The van der Waals surface area contributed by atoms with Crippen molar-refractivity contribution < 1.29 is 27.4 Å². The number of carbonyl (C=O) groups is 1. The lowest BCUT2D eigenvalue weighted by Crippen LogP contribution is -2.50. The van der Waals surface area contributed by atoms with Gasteiger partial charge >= 0.3 is 6.18 Å². The van der Waals surface area contributed by atoms with Crippen LogP contribution in [0.5, 0.6) is 11.5 Å². The monoisotopic (exact) mass is 469 g/mol. The first-order valence-electron chi connectivity index (χ1n) is 9.89. The molecule has 0 unspecified atom stereocenters. The number of halogens is 4.